The number of anilines is 1. The zero-order chi connectivity index (χ0) is 14.1. The van der Waals surface area contributed by atoms with Gasteiger partial charge in [-0.25, -0.2) is 9.97 Å². The van der Waals surface area contributed by atoms with E-state index in [4.69, 9.17) is 9.72 Å². The van der Waals surface area contributed by atoms with Gasteiger partial charge >= 0.3 is 0 Å². The molecule has 114 valence electrons. The quantitative estimate of drug-likeness (QED) is 0.840. The first-order chi connectivity index (χ1) is 10.4. The number of ether oxygens (including phenoxy) is 1. The van der Waals surface area contributed by atoms with E-state index < -0.39 is 0 Å². The van der Waals surface area contributed by atoms with Crippen LogP contribution in [0.5, 0.6) is 0 Å². The van der Waals surface area contributed by atoms with Crippen LogP contribution in [-0.2, 0) is 4.74 Å². The molecule has 1 atom stereocenters. The van der Waals surface area contributed by atoms with Crippen molar-refractivity contribution in [3.05, 3.63) is 18.1 Å². The van der Waals surface area contributed by atoms with Gasteiger partial charge in [0.1, 0.15) is 11.6 Å². The fourth-order valence-corrected chi connectivity index (χ4v) is 3.33. The van der Waals surface area contributed by atoms with Crippen LogP contribution in [0, 0.1) is 5.92 Å². The number of aromatic nitrogens is 2. The van der Waals surface area contributed by atoms with Crippen LogP contribution in [0.4, 0.5) is 5.82 Å². The summed E-state index contributed by atoms with van der Waals surface area (Å²) in [7, 11) is 0. The molecule has 5 heteroatoms. The molecule has 2 saturated heterocycles. The fraction of sp³-hybridized carbons (Fsp3) is 0.750. The Morgan fingerprint density at radius 1 is 1.14 bits per heavy atom. The van der Waals surface area contributed by atoms with Crippen molar-refractivity contribution in [3.8, 4) is 0 Å². The van der Waals surface area contributed by atoms with Crippen molar-refractivity contribution in [3.63, 3.8) is 0 Å². The van der Waals surface area contributed by atoms with Gasteiger partial charge in [0, 0.05) is 51.4 Å². The van der Waals surface area contributed by atoms with Gasteiger partial charge in [-0.1, -0.05) is 0 Å². The monoisotopic (exact) mass is 288 g/mol. The van der Waals surface area contributed by atoms with Crippen molar-refractivity contribution in [1.82, 2.24) is 14.9 Å². The highest BCUT2D eigenvalue weighted by Gasteiger charge is 2.28. The average molecular weight is 288 g/mol. The summed E-state index contributed by atoms with van der Waals surface area (Å²) in [6.07, 6.45) is 5.69. The summed E-state index contributed by atoms with van der Waals surface area (Å²) in [5.74, 6) is 3.56. The van der Waals surface area contributed by atoms with Gasteiger partial charge in [0.05, 0.1) is 6.61 Å². The van der Waals surface area contributed by atoms with Gasteiger partial charge in [0.2, 0.25) is 0 Å². The van der Waals surface area contributed by atoms with Gasteiger partial charge < -0.3 is 9.64 Å². The molecule has 3 aliphatic rings. The van der Waals surface area contributed by atoms with Crippen LogP contribution in [0.3, 0.4) is 0 Å². The molecule has 5 nitrogen and oxygen atoms in total. The van der Waals surface area contributed by atoms with Crippen LogP contribution in [0.15, 0.2) is 12.3 Å². The zero-order valence-corrected chi connectivity index (χ0v) is 12.6. The van der Waals surface area contributed by atoms with E-state index in [9.17, 15) is 0 Å². The summed E-state index contributed by atoms with van der Waals surface area (Å²) in [5, 5.41) is 0. The van der Waals surface area contributed by atoms with E-state index in [-0.39, 0.29) is 0 Å². The van der Waals surface area contributed by atoms with Crippen molar-refractivity contribution < 1.29 is 4.74 Å². The molecule has 1 unspecified atom stereocenters. The third-order valence-electron chi connectivity index (χ3n) is 4.84. The predicted octanol–water partition coefficient (Wildman–Crippen LogP) is 1.51. The second-order valence-corrected chi connectivity index (χ2v) is 6.56. The molecule has 0 aromatic carbocycles. The standard InChI is InChI=1S/C16H24N4O/c1-2-14(1)16-17-5-3-15(18-16)20-8-6-19(7-9-20)11-13-4-10-21-12-13/h3,5,13-14H,1-2,4,6-12H2. The van der Waals surface area contributed by atoms with E-state index in [0.717, 1.165) is 57.0 Å². The molecule has 1 saturated carbocycles. The van der Waals surface area contributed by atoms with Crippen LogP contribution >= 0.6 is 0 Å². The molecule has 2 aliphatic heterocycles. The number of hydrogen-bond donors (Lipinski definition) is 0. The molecule has 3 heterocycles. The summed E-state index contributed by atoms with van der Waals surface area (Å²) < 4.78 is 5.48. The maximum Gasteiger partial charge on any atom is 0.133 e. The van der Waals surface area contributed by atoms with Crippen molar-refractivity contribution in [2.75, 3.05) is 50.8 Å². The van der Waals surface area contributed by atoms with Crippen LogP contribution in [0.2, 0.25) is 0 Å². The molecule has 0 spiro atoms. The molecule has 0 radical (unpaired) electrons. The summed E-state index contributed by atoms with van der Waals surface area (Å²) in [6.45, 7) is 7.54. The topological polar surface area (TPSA) is 41.5 Å². The normalized spacial score (nSPS) is 27.2. The Bertz CT molecular complexity index is 477. The SMILES string of the molecule is c1cc(N2CCN(CC3CCOC3)CC2)nc(C2CC2)n1. The van der Waals surface area contributed by atoms with Gasteiger partial charge in [-0.3, -0.25) is 4.90 Å². The first kappa shape index (κ1) is 13.5. The van der Waals surface area contributed by atoms with E-state index in [2.05, 4.69) is 20.9 Å². The average Bonchev–Trinajstić information content (AvgIpc) is 3.27. The summed E-state index contributed by atoms with van der Waals surface area (Å²) in [6, 6.07) is 2.06. The Kier molecular flexibility index (Phi) is 3.78. The molecule has 1 aliphatic carbocycles. The first-order valence-electron chi connectivity index (χ1n) is 8.26. The number of hydrogen-bond acceptors (Lipinski definition) is 5. The summed E-state index contributed by atoms with van der Waals surface area (Å²) in [4.78, 5) is 14.2. The number of piperazine rings is 1. The van der Waals surface area contributed by atoms with Crippen LogP contribution < -0.4 is 4.90 Å². The molecular weight excluding hydrogens is 264 g/mol. The van der Waals surface area contributed by atoms with Crippen molar-refractivity contribution in [1.29, 1.82) is 0 Å². The largest absolute Gasteiger partial charge is 0.381 e. The Balaban J connectivity index is 1.32. The molecule has 4 rings (SSSR count). The molecule has 1 aromatic rings. The van der Waals surface area contributed by atoms with Crippen LogP contribution in [-0.4, -0.2) is 60.8 Å². The fourth-order valence-electron chi connectivity index (χ4n) is 3.33. The Hall–Kier alpha value is -1.20. The summed E-state index contributed by atoms with van der Waals surface area (Å²) >= 11 is 0. The third kappa shape index (κ3) is 3.19. The molecule has 21 heavy (non-hydrogen) atoms. The predicted molar refractivity (Wildman–Crippen MR) is 81.6 cm³/mol. The lowest BCUT2D eigenvalue weighted by atomic mass is 10.1. The molecule has 1 aromatic heterocycles. The Morgan fingerprint density at radius 2 is 2.00 bits per heavy atom. The van der Waals surface area contributed by atoms with E-state index in [1.807, 2.05) is 6.20 Å². The Labute approximate surface area is 126 Å². The second kappa shape index (κ2) is 5.89. The highest BCUT2D eigenvalue weighted by Crippen LogP contribution is 2.38. The van der Waals surface area contributed by atoms with Crippen molar-refractivity contribution >= 4 is 5.82 Å². The lowest BCUT2D eigenvalue weighted by molar-refractivity contribution is 0.164. The molecule has 0 N–H and O–H groups in total. The molecule has 0 bridgehead atoms. The number of rotatable bonds is 4. The van der Waals surface area contributed by atoms with Crippen LogP contribution in [0.1, 0.15) is 31.0 Å². The zero-order valence-electron chi connectivity index (χ0n) is 12.6. The van der Waals surface area contributed by atoms with Crippen molar-refractivity contribution in [2.24, 2.45) is 5.92 Å². The van der Waals surface area contributed by atoms with Gasteiger partial charge in [0.25, 0.3) is 0 Å². The maximum atomic E-state index is 5.48. The molecular formula is C16H24N4O. The van der Waals surface area contributed by atoms with Gasteiger partial charge in [0.15, 0.2) is 0 Å². The Morgan fingerprint density at radius 3 is 2.71 bits per heavy atom. The molecule has 3 fully saturated rings. The van der Waals surface area contributed by atoms with Gasteiger partial charge in [-0.15, -0.1) is 0 Å². The lowest BCUT2D eigenvalue weighted by Crippen LogP contribution is -2.48. The lowest BCUT2D eigenvalue weighted by Gasteiger charge is -2.36. The maximum absolute atomic E-state index is 5.48. The number of nitrogens with zero attached hydrogens (tertiary/aromatic N) is 4. The minimum Gasteiger partial charge on any atom is -0.381 e. The minimum atomic E-state index is 0.633. The smallest absolute Gasteiger partial charge is 0.133 e. The second-order valence-electron chi connectivity index (χ2n) is 6.56. The highest BCUT2D eigenvalue weighted by molar-refractivity contribution is 5.38. The van der Waals surface area contributed by atoms with E-state index >= 15 is 0 Å². The molecule has 0 amide bonds. The minimum absolute atomic E-state index is 0.633. The first-order valence-corrected chi connectivity index (χ1v) is 8.26. The third-order valence-corrected chi connectivity index (χ3v) is 4.84. The van der Waals surface area contributed by atoms with Gasteiger partial charge in [-0.2, -0.15) is 0 Å². The van der Waals surface area contributed by atoms with E-state index in [1.54, 1.807) is 0 Å². The van der Waals surface area contributed by atoms with Crippen LogP contribution in [0.25, 0.3) is 0 Å². The van der Waals surface area contributed by atoms with E-state index in [1.165, 1.54) is 25.8 Å². The highest BCUT2D eigenvalue weighted by atomic mass is 16.5. The van der Waals surface area contributed by atoms with Gasteiger partial charge in [-0.05, 0) is 31.2 Å². The van der Waals surface area contributed by atoms with Crippen molar-refractivity contribution in [2.45, 2.75) is 25.2 Å². The van der Waals surface area contributed by atoms with E-state index in [0.29, 0.717) is 5.92 Å². The summed E-state index contributed by atoms with van der Waals surface area (Å²) in [5.41, 5.74) is 0.